The zero-order chi connectivity index (χ0) is 19.9. The van der Waals surface area contributed by atoms with E-state index in [2.05, 4.69) is 13.8 Å². The highest BCUT2D eigenvalue weighted by Crippen LogP contribution is 2.19. The van der Waals surface area contributed by atoms with E-state index in [0.29, 0.717) is 23.0 Å². The van der Waals surface area contributed by atoms with Crippen LogP contribution < -0.4 is 4.74 Å². The number of rotatable bonds is 8. The van der Waals surface area contributed by atoms with Gasteiger partial charge >= 0.3 is 0 Å². The average Bonchev–Trinajstić information content (AvgIpc) is 3.20. The van der Waals surface area contributed by atoms with Crippen LogP contribution in [-0.2, 0) is 17.9 Å². The Hall–Kier alpha value is -3.08. The van der Waals surface area contributed by atoms with Crippen LogP contribution in [0.25, 0.3) is 0 Å². The van der Waals surface area contributed by atoms with Gasteiger partial charge in [-0.15, -0.1) is 0 Å². The molecule has 3 aromatic rings. The van der Waals surface area contributed by atoms with Gasteiger partial charge in [-0.25, -0.2) is 4.39 Å². The van der Waals surface area contributed by atoms with E-state index in [4.69, 9.17) is 9.15 Å². The van der Waals surface area contributed by atoms with Crippen LogP contribution in [0.1, 0.15) is 36.7 Å². The Morgan fingerprint density at radius 2 is 1.79 bits per heavy atom. The van der Waals surface area contributed by atoms with Crippen molar-refractivity contribution < 1.29 is 18.3 Å². The first-order chi connectivity index (χ1) is 13.5. The summed E-state index contributed by atoms with van der Waals surface area (Å²) in [5, 5.41) is 0. The van der Waals surface area contributed by atoms with Crippen LogP contribution in [0.15, 0.2) is 71.3 Å². The van der Waals surface area contributed by atoms with Gasteiger partial charge in [0.05, 0.1) is 12.8 Å². The van der Waals surface area contributed by atoms with Crippen LogP contribution in [0.5, 0.6) is 5.75 Å². The fourth-order valence-electron chi connectivity index (χ4n) is 2.84. The summed E-state index contributed by atoms with van der Waals surface area (Å²) in [6.45, 7) is 4.50. The largest absolute Gasteiger partial charge is 0.484 e. The molecule has 3 rings (SSSR count). The summed E-state index contributed by atoms with van der Waals surface area (Å²) in [6, 6.07) is 17.7. The molecule has 0 N–H and O–H groups in total. The van der Waals surface area contributed by atoms with E-state index >= 15 is 0 Å². The first-order valence-electron chi connectivity index (χ1n) is 9.29. The number of nitrogens with zero attached hydrogens (tertiary/aromatic N) is 1. The monoisotopic (exact) mass is 381 g/mol. The maximum Gasteiger partial charge on any atom is 0.261 e. The zero-order valence-corrected chi connectivity index (χ0v) is 16.1. The van der Waals surface area contributed by atoms with Crippen molar-refractivity contribution in [3.63, 3.8) is 0 Å². The Balaban J connectivity index is 1.68. The van der Waals surface area contributed by atoms with Gasteiger partial charge in [-0.3, -0.25) is 4.79 Å². The van der Waals surface area contributed by atoms with Gasteiger partial charge in [0.25, 0.3) is 5.91 Å². The second-order valence-electron chi connectivity index (χ2n) is 6.93. The first kappa shape index (κ1) is 19.7. The van der Waals surface area contributed by atoms with E-state index in [0.717, 1.165) is 0 Å². The average molecular weight is 381 g/mol. The van der Waals surface area contributed by atoms with Crippen LogP contribution in [0.4, 0.5) is 4.39 Å². The quantitative estimate of drug-likeness (QED) is 0.542. The lowest BCUT2D eigenvalue weighted by Gasteiger charge is -2.22. The van der Waals surface area contributed by atoms with Crippen molar-refractivity contribution in [2.24, 2.45) is 0 Å². The van der Waals surface area contributed by atoms with Crippen molar-refractivity contribution in [1.29, 1.82) is 0 Å². The molecule has 0 aliphatic rings. The molecule has 0 fully saturated rings. The Morgan fingerprint density at radius 3 is 2.43 bits per heavy atom. The molecule has 4 nitrogen and oxygen atoms in total. The van der Waals surface area contributed by atoms with Crippen LogP contribution in [0, 0.1) is 5.82 Å². The van der Waals surface area contributed by atoms with Crippen molar-refractivity contribution in [3.8, 4) is 5.75 Å². The molecular weight excluding hydrogens is 357 g/mol. The topological polar surface area (TPSA) is 42.7 Å². The van der Waals surface area contributed by atoms with Gasteiger partial charge < -0.3 is 14.1 Å². The molecule has 1 heterocycles. The van der Waals surface area contributed by atoms with Crippen molar-refractivity contribution in [3.05, 3.63) is 89.6 Å². The number of furan rings is 1. The summed E-state index contributed by atoms with van der Waals surface area (Å²) in [6.07, 6.45) is 1.55. The zero-order valence-electron chi connectivity index (χ0n) is 16.1. The third-order valence-corrected chi connectivity index (χ3v) is 4.51. The highest BCUT2D eigenvalue weighted by molar-refractivity contribution is 5.77. The van der Waals surface area contributed by atoms with E-state index in [-0.39, 0.29) is 31.4 Å². The smallest absolute Gasteiger partial charge is 0.261 e. The summed E-state index contributed by atoms with van der Waals surface area (Å²) in [5.74, 6) is 1.10. The standard InChI is InChI=1S/C23H24FNO3/c1-17(2)18-9-11-20(12-10-18)28-16-23(26)25(15-21-7-5-13-27-21)14-19-6-3-4-8-22(19)24/h3-13,17H,14-16H2,1-2H3. The normalized spacial score (nSPS) is 10.9. The molecule has 0 unspecified atom stereocenters. The van der Waals surface area contributed by atoms with Crippen LogP contribution in [0.3, 0.4) is 0 Å². The molecule has 0 bridgehead atoms. The highest BCUT2D eigenvalue weighted by Gasteiger charge is 2.18. The Bertz CT molecular complexity index is 888. The van der Waals surface area contributed by atoms with Gasteiger partial charge in [-0.1, -0.05) is 44.2 Å². The number of hydrogen-bond acceptors (Lipinski definition) is 3. The van der Waals surface area contributed by atoms with E-state index in [1.54, 1.807) is 36.6 Å². The molecule has 0 atom stereocenters. The number of benzene rings is 2. The molecule has 0 saturated heterocycles. The maximum absolute atomic E-state index is 14.1. The SMILES string of the molecule is CC(C)c1ccc(OCC(=O)N(Cc2ccco2)Cc2ccccc2F)cc1. The summed E-state index contributed by atoms with van der Waals surface area (Å²) in [4.78, 5) is 14.3. The summed E-state index contributed by atoms with van der Waals surface area (Å²) < 4.78 is 25.1. The van der Waals surface area contributed by atoms with Gasteiger partial charge in [-0.2, -0.15) is 0 Å². The van der Waals surface area contributed by atoms with E-state index < -0.39 is 0 Å². The maximum atomic E-state index is 14.1. The highest BCUT2D eigenvalue weighted by atomic mass is 19.1. The number of carbonyl (C=O) groups is 1. The number of amides is 1. The van der Waals surface area contributed by atoms with Crippen LogP contribution >= 0.6 is 0 Å². The number of halogens is 1. The fraction of sp³-hybridized carbons (Fsp3) is 0.261. The summed E-state index contributed by atoms with van der Waals surface area (Å²) >= 11 is 0. The van der Waals surface area contributed by atoms with Gasteiger partial charge in [-0.05, 0) is 41.8 Å². The lowest BCUT2D eigenvalue weighted by atomic mass is 10.0. The molecule has 146 valence electrons. The lowest BCUT2D eigenvalue weighted by molar-refractivity contribution is -0.134. The van der Waals surface area contributed by atoms with Gasteiger partial charge in [0.1, 0.15) is 17.3 Å². The molecule has 2 aromatic carbocycles. The van der Waals surface area contributed by atoms with Crippen LogP contribution in [-0.4, -0.2) is 17.4 Å². The first-order valence-corrected chi connectivity index (χ1v) is 9.29. The van der Waals surface area contributed by atoms with Gasteiger partial charge in [0, 0.05) is 12.1 Å². The molecule has 5 heteroatoms. The summed E-state index contributed by atoms with van der Waals surface area (Å²) in [7, 11) is 0. The second kappa shape index (κ2) is 9.22. The van der Waals surface area contributed by atoms with Gasteiger partial charge in [0.2, 0.25) is 0 Å². The Kier molecular flexibility index (Phi) is 6.48. The molecule has 0 aliphatic carbocycles. The van der Waals surface area contributed by atoms with E-state index in [9.17, 15) is 9.18 Å². The van der Waals surface area contributed by atoms with E-state index in [1.807, 2.05) is 24.3 Å². The molecule has 1 aromatic heterocycles. The fourth-order valence-corrected chi connectivity index (χ4v) is 2.84. The Morgan fingerprint density at radius 1 is 1.04 bits per heavy atom. The molecule has 0 saturated carbocycles. The third kappa shape index (κ3) is 5.22. The van der Waals surface area contributed by atoms with Crippen molar-refractivity contribution in [2.75, 3.05) is 6.61 Å². The number of carbonyl (C=O) groups excluding carboxylic acids is 1. The minimum Gasteiger partial charge on any atom is -0.484 e. The number of hydrogen-bond donors (Lipinski definition) is 0. The van der Waals surface area contributed by atoms with Gasteiger partial charge in [0.15, 0.2) is 6.61 Å². The summed E-state index contributed by atoms with van der Waals surface area (Å²) in [5.41, 5.74) is 1.65. The minimum absolute atomic E-state index is 0.129. The molecule has 0 radical (unpaired) electrons. The second-order valence-corrected chi connectivity index (χ2v) is 6.93. The molecule has 0 spiro atoms. The minimum atomic E-state index is -0.343. The molecule has 1 amide bonds. The van der Waals surface area contributed by atoms with Crippen molar-refractivity contribution in [1.82, 2.24) is 4.90 Å². The van der Waals surface area contributed by atoms with Crippen molar-refractivity contribution >= 4 is 5.91 Å². The lowest BCUT2D eigenvalue weighted by Crippen LogP contribution is -2.34. The predicted octanol–water partition coefficient (Wildman–Crippen LogP) is 5.15. The third-order valence-electron chi connectivity index (χ3n) is 4.51. The predicted molar refractivity (Wildman–Crippen MR) is 105 cm³/mol. The molecular formula is C23H24FNO3. The Labute approximate surface area is 164 Å². The molecule has 28 heavy (non-hydrogen) atoms. The van der Waals surface area contributed by atoms with Crippen LogP contribution in [0.2, 0.25) is 0 Å². The van der Waals surface area contributed by atoms with E-state index in [1.165, 1.54) is 16.5 Å². The number of ether oxygens (including phenoxy) is 1. The molecule has 0 aliphatic heterocycles. The van der Waals surface area contributed by atoms with Crippen molar-refractivity contribution in [2.45, 2.75) is 32.9 Å².